The number of nitrogens with zero attached hydrogens (tertiary/aromatic N) is 4. The van der Waals surface area contributed by atoms with Gasteiger partial charge in [-0.05, 0) is 47.5 Å². The zero-order valence-corrected chi connectivity index (χ0v) is 12.7. The molecule has 1 saturated heterocycles. The lowest BCUT2D eigenvalue weighted by Crippen LogP contribution is -2.36. The van der Waals surface area contributed by atoms with E-state index in [0.717, 1.165) is 36.9 Å². The van der Waals surface area contributed by atoms with E-state index in [4.69, 9.17) is 0 Å². The largest absolute Gasteiger partial charge is 0.316 e. The lowest BCUT2D eigenvalue weighted by atomic mass is 9.85. The van der Waals surface area contributed by atoms with E-state index in [1.807, 2.05) is 30.3 Å². The summed E-state index contributed by atoms with van der Waals surface area (Å²) in [7, 11) is 0. The van der Waals surface area contributed by atoms with Crippen molar-refractivity contribution in [2.45, 2.75) is 18.9 Å². The average molecular weight is 311 g/mol. The van der Waals surface area contributed by atoms with Crippen LogP contribution in [0.15, 0.2) is 42.7 Å². The van der Waals surface area contributed by atoms with Crippen molar-refractivity contribution < 1.29 is 4.39 Å². The Labute approximate surface area is 133 Å². The number of nitrogens with one attached hydrogen (secondary N) is 1. The van der Waals surface area contributed by atoms with Crippen molar-refractivity contribution in [1.29, 1.82) is 0 Å². The lowest BCUT2D eigenvalue weighted by Gasteiger charge is -2.30. The van der Waals surface area contributed by atoms with Crippen LogP contribution >= 0.6 is 0 Å². The van der Waals surface area contributed by atoms with Crippen LogP contribution in [0, 0.1) is 11.7 Å². The fourth-order valence-electron chi connectivity index (χ4n) is 3.56. The number of rotatable bonds is 3. The minimum atomic E-state index is -0.198. The first-order valence-corrected chi connectivity index (χ1v) is 7.95. The van der Waals surface area contributed by atoms with Gasteiger partial charge in [0.15, 0.2) is 6.33 Å². The first-order valence-electron chi connectivity index (χ1n) is 7.95. The van der Waals surface area contributed by atoms with Gasteiger partial charge in [-0.25, -0.2) is 4.39 Å². The molecule has 1 aliphatic heterocycles. The summed E-state index contributed by atoms with van der Waals surface area (Å²) >= 11 is 0. The second kappa shape index (κ2) is 6.04. The fourth-order valence-corrected chi connectivity index (χ4v) is 3.56. The standard InChI is InChI=1S/C17H18FN5/c18-16-8-7-15(13-5-1-2-6-14(13)16)17(23-21-11-20-22-23)12-4-3-9-19-10-12/h1-2,5-8,11-12,17,19H,3-4,9-10H2/t12-,17+/m0/s1. The smallest absolute Gasteiger partial charge is 0.162 e. The molecule has 2 aromatic carbocycles. The zero-order valence-electron chi connectivity index (χ0n) is 12.7. The number of tetrazole rings is 1. The van der Waals surface area contributed by atoms with Crippen molar-refractivity contribution in [2.75, 3.05) is 13.1 Å². The number of halogens is 1. The molecule has 3 aromatic rings. The SMILES string of the molecule is Fc1ccc([C@@H]([C@H]2CCCNC2)n2ncnn2)c2ccccc12. The molecule has 118 valence electrons. The first-order chi connectivity index (χ1) is 11.3. The monoisotopic (exact) mass is 311 g/mol. The van der Waals surface area contributed by atoms with Gasteiger partial charge in [0.2, 0.25) is 0 Å². The second-order valence-electron chi connectivity index (χ2n) is 5.99. The van der Waals surface area contributed by atoms with Gasteiger partial charge in [0.05, 0.1) is 0 Å². The molecular formula is C17H18FN5. The highest BCUT2D eigenvalue weighted by Gasteiger charge is 2.29. The Bertz CT molecular complexity index is 796. The van der Waals surface area contributed by atoms with Gasteiger partial charge in [-0.3, -0.25) is 0 Å². The number of piperidine rings is 1. The summed E-state index contributed by atoms with van der Waals surface area (Å²) < 4.78 is 14.2. The predicted octanol–water partition coefficient (Wildman–Crippen LogP) is 2.55. The molecule has 23 heavy (non-hydrogen) atoms. The first kappa shape index (κ1) is 14.3. The minimum absolute atomic E-state index is 0.0456. The Morgan fingerprint density at radius 1 is 1.17 bits per heavy atom. The topological polar surface area (TPSA) is 55.6 Å². The zero-order chi connectivity index (χ0) is 15.6. The number of hydrogen-bond acceptors (Lipinski definition) is 4. The molecule has 0 aliphatic carbocycles. The number of aromatic nitrogens is 4. The molecular weight excluding hydrogens is 293 g/mol. The fraction of sp³-hybridized carbons (Fsp3) is 0.353. The Kier molecular flexibility index (Phi) is 3.75. The number of hydrogen-bond donors (Lipinski definition) is 1. The quantitative estimate of drug-likeness (QED) is 0.807. The van der Waals surface area contributed by atoms with Crippen molar-refractivity contribution >= 4 is 10.8 Å². The molecule has 0 amide bonds. The van der Waals surface area contributed by atoms with Crippen LogP contribution in [-0.4, -0.2) is 33.3 Å². The van der Waals surface area contributed by atoms with Gasteiger partial charge in [-0.2, -0.15) is 4.80 Å². The molecule has 2 heterocycles. The van der Waals surface area contributed by atoms with Crippen molar-refractivity contribution in [1.82, 2.24) is 25.5 Å². The number of benzene rings is 2. The predicted molar refractivity (Wildman–Crippen MR) is 85.5 cm³/mol. The third kappa shape index (κ3) is 2.59. The second-order valence-corrected chi connectivity index (χ2v) is 5.99. The van der Waals surface area contributed by atoms with E-state index in [-0.39, 0.29) is 11.9 Å². The lowest BCUT2D eigenvalue weighted by molar-refractivity contribution is 0.262. The average Bonchev–Trinajstić information content (AvgIpc) is 3.13. The molecule has 6 heteroatoms. The van der Waals surface area contributed by atoms with E-state index in [1.165, 1.54) is 12.4 Å². The highest BCUT2D eigenvalue weighted by atomic mass is 19.1. The number of fused-ring (bicyclic) bond motifs is 1. The molecule has 1 aliphatic rings. The maximum Gasteiger partial charge on any atom is 0.162 e. The van der Waals surface area contributed by atoms with Crippen LogP contribution in [0.25, 0.3) is 10.8 Å². The molecule has 1 fully saturated rings. The highest BCUT2D eigenvalue weighted by Crippen LogP contribution is 2.35. The normalized spacial score (nSPS) is 19.8. The van der Waals surface area contributed by atoms with Crippen LogP contribution in [0.5, 0.6) is 0 Å². The Morgan fingerprint density at radius 3 is 2.78 bits per heavy atom. The summed E-state index contributed by atoms with van der Waals surface area (Å²) in [4.78, 5) is 1.66. The molecule has 1 N–H and O–H groups in total. The van der Waals surface area contributed by atoms with Crippen LogP contribution in [-0.2, 0) is 0 Å². The van der Waals surface area contributed by atoms with E-state index in [9.17, 15) is 4.39 Å². The summed E-state index contributed by atoms with van der Waals surface area (Å²) in [6.07, 6.45) is 3.66. The molecule has 0 radical (unpaired) electrons. The summed E-state index contributed by atoms with van der Waals surface area (Å²) in [6.45, 7) is 1.94. The highest BCUT2D eigenvalue weighted by molar-refractivity contribution is 5.86. The summed E-state index contributed by atoms with van der Waals surface area (Å²) in [5.41, 5.74) is 1.05. The molecule has 0 saturated carbocycles. The summed E-state index contributed by atoms with van der Waals surface area (Å²) in [5, 5.41) is 17.3. The van der Waals surface area contributed by atoms with Crippen LogP contribution in [0.3, 0.4) is 0 Å². The maximum atomic E-state index is 14.2. The van der Waals surface area contributed by atoms with Gasteiger partial charge in [-0.1, -0.05) is 30.3 Å². The molecule has 5 nitrogen and oxygen atoms in total. The molecule has 4 rings (SSSR count). The Balaban J connectivity index is 1.88. The van der Waals surface area contributed by atoms with Crippen molar-refractivity contribution in [2.24, 2.45) is 5.92 Å². The summed E-state index contributed by atoms with van der Waals surface area (Å²) in [6, 6.07) is 10.9. The Hall–Kier alpha value is -2.34. The van der Waals surface area contributed by atoms with Crippen molar-refractivity contribution in [3.63, 3.8) is 0 Å². The third-order valence-electron chi connectivity index (χ3n) is 4.62. The van der Waals surface area contributed by atoms with Crippen molar-refractivity contribution in [3.8, 4) is 0 Å². The molecule has 1 aromatic heterocycles. The summed E-state index contributed by atoms with van der Waals surface area (Å²) in [5.74, 6) is 0.156. The molecule has 0 spiro atoms. The van der Waals surface area contributed by atoms with Crippen LogP contribution in [0.4, 0.5) is 4.39 Å². The van der Waals surface area contributed by atoms with Gasteiger partial charge >= 0.3 is 0 Å². The Morgan fingerprint density at radius 2 is 2.04 bits per heavy atom. The van der Waals surface area contributed by atoms with E-state index in [2.05, 4.69) is 20.7 Å². The van der Waals surface area contributed by atoms with Crippen molar-refractivity contribution in [3.05, 3.63) is 54.1 Å². The van der Waals surface area contributed by atoms with Gasteiger partial charge in [-0.15, -0.1) is 10.2 Å². The molecule has 0 unspecified atom stereocenters. The maximum absolute atomic E-state index is 14.2. The minimum Gasteiger partial charge on any atom is -0.316 e. The van der Waals surface area contributed by atoms with Gasteiger partial charge < -0.3 is 5.32 Å². The van der Waals surface area contributed by atoms with E-state index < -0.39 is 0 Å². The van der Waals surface area contributed by atoms with Gasteiger partial charge in [0.25, 0.3) is 0 Å². The van der Waals surface area contributed by atoms with E-state index in [0.29, 0.717) is 11.3 Å². The van der Waals surface area contributed by atoms with Crippen LogP contribution < -0.4 is 5.32 Å². The molecule has 2 atom stereocenters. The van der Waals surface area contributed by atoms with E-state index >= 15 is 0 Å². The molecule has 0 bridgehead atoms. The van der Waals surface area contributed by atoms with E-state index in [1.54, 1.807) is 4.80 Å². The van der Waals surface area contributed by atoms with Crippen LogP contribution in [0.1, 0.15) is 24.4 Å². The van der Waals surface area contributed by atoms with Crippen LogP contribution in [0.2, 0.25) is 0 Å². The van der Waals surface area contributed by atoms with Gasteiger partial charge in [0, 0.05) is 11.9 Å². The third-order valence-corrected chi connectivity index (χ3v) is 4.62. The van der Waals surface area contributed by atoms with Gasteiger partial charge in [0.1, 0.15) is 11.9 Å².